The molecule has 0 saturated heterocycles. The zero-order valence-corrected chi connectivity index (χ0v) is 7.52. The van der Waals surface area contributed by atoms with E-state index in [9.17, 15) is 5.26 Å². The molecule has 2 rings (SSSR count). The predicted molar refractivity (Wildman–Crippen MR) is 60.3 cm³/mol. The first-order chi connectivity index (χ1) is 11.6. The van der Waals surface area contributed by atoms with Crippen LogP contribution in [0.5, 0.6) is 0 Å². The lowest BCUT2D eigenvalue weighted by Gasteiger charge is -2.08. The summed E-state index contributed by atoms with van der Waals surface area (Å²) in [4.78, 5) is 0. The van der Waals surface area contributed by atoms with Crippen LogP contribution < -0.4 is 0 Å². The van der Waals surface area contributed by atoms with Gasteiger partial charge in [0.1, 0.15) is 0 Å². The first-order valence-corrected chi connectivity index (χ1v) is 4.09. The van der Waals surface area contributed by atoms with E-state index in [1.165, 1.54) is 0 Å². The quantitative estimate of drug-likeness (QED) is 0.734. The number of nitriles is 1. The summed E-state index contributed by atoms with van der Waals surface area (Å²) in [6.45, 7) is 0. The van der Waals surface area contributed by atoms with Crippen LogP contribution in [0.1, 0.15) is 30.8 Å². The molecule has 0 atom stereocenters. The van der Waals surface area contributed by atoms with E-state index in [1.54, 1.807) is 6.07 Å². The van der Waals surface area contributed by atoms with E-state index < -0.39 is 77.5 Å². The average Bonchev–Trinajstić information content (AvgIpc) is 2.60. The Bertz CT molecular complexity index is 803. The highest BCUT2D eigenvalue weighted by atomic mass is 14.3. The second-order valence-corrected chi connectivity index (χ2v) is 2.64. The maximum Gasteiger partial charge on any atom is 0.0962 e. The normalized spacial score (nSPS) is 19.2. The second-order valence-electron chi connectivity index (χ2n) is 2.64. The second kappa shape index (κ2) is 4.43. The third kappa shape index (κ3) is 2.05. The van der Waals surface area contributed by atoms with E-state index in [1.807, 2.05) is 0 Å². The Morgan fingerprint density at radius 1 is 0.867 bits per heavy atom. The van der Waals surface area contributed by atoms with Crippen LogP contribution in [-0.2, 0) is 0 Å². The Balaban J connectivity index is 2.93. The van der Waals surface area contributed by atoms with Crippen molar-refractivity contribution in [3.63, 3.8) is 0 Å². The van der Waals surface area contributed by atoms with E-state index in [0.717, 1.165) is 0 Å². The molecular formula is C14H11N. The molecule has 0 heterocycles. The molecule has 0 radical (unpaired) electrons. The lowest BCUT2D eigenvalue weighted by molar-refractivity contribution is 1.04. The van der Waals surface area contributed by atoms with Crippen molar-refractivity contribution in [2.24, 2.45) is 0 Å². The van der Waals surface area contributed by atoms with Crippen molar-refractivity contribution in [2.45, 2.75) is 5.92 Å². The monoisotopic (exact) mass is 203 g/mol. The van der Waals surface area contributed by atoms with E-state index in [2.05, 4.69) is 0 Å². The Hall–Kier alpha value is -2.07. The van der Waals surface area contributed by atoms with Gasteiger partial charge in [-0.05, 0) is 11.1 Å². The van der Waals surface area contributed by atoms with Crippen LogP contribution in [0.15, 0.2) is 60.4 Å². The molecule has 0 bridgehead atoms. The Morgan fingerprint density at radius 2 is 1.27 bits per heavy atom. The summed E-state index contributed by atoms with van der Waals surface area (Å²) in [5, 5.41) is 9.51. The fourth-order valence-electron chi connectivity index (χ4n) is 1.08. The molecule has 0 spiro atoms. The minimum absolute atomic E-state index is 0.424. The van der Waals surface area contributed by atoms with E-state index >= 15 is 0 Å². The van der Waals surface area contributed by atoms with Gasteiger partial charge in [0.25, 0.3) is 0 Å². The summed E-state index contributed by atoms with van der Waals surface area (Å²) in [7, 11) is 0. The molecule has 0 fully saturated rings. The minimum atomic E-state index is -1.61. The molecule has 0 amide bonds. The average molecular weight is 203 g/mol. The third-order valence-electron chi connectivity index (χ3n) is 1.75. The fraction of sp³-hybridized carbons (Fsp3) is 0.0714. The highest BCUT2D eigenvalue weighted by Gasteiger charge is 2.11. The molecule has 0 aliphatic heterocycles. The molecule has 1 heteroatoms. The largest absolute Gasteiger partial charge is 0.197 e. The van der Waals surface area contributed by atoms with Gasteiger partial charge in [-0.25, -0.2) is 0 Å². The molecule has 0 aromatic heterocycles. The van der Waals surface area contributed by atoms with Crippen molar-refractivity contribution in [1.29, 1.82) is 5.26 Å². The van der Waals surface area contributed by atoms with E-state index in [0.29, 0.717) is 0 Å². The zero-order chi connectivity index (χ0) is 19.2. The highest BCUT2D eigenvalue weighted by molar-refractivity contribution is 5.37. The van der Waals surface area contributed by atoms with Gasteiger partial charge < -0.3 is 0 Å². The van der Waals surface area contributed by atoms with Crippen molar-refractivity contribution in [2.75, 3.05) is 0 Å². The lowest BCUT2D eigenvalue weighted by atomic mass is 9.93. The topological polar surface area (TPSA) is 23.8 Å². The zero-order valence-electron chi connectivity index (χ0n) is 17.5. The Morgan fingerprint density at radius 3 is 1.60 bits per heavy atom. The van der Waals surface area contributed by atoms with Gasteiger partial charge in [0.15, 0.2) is 0 Å². The summed E-state index contributed by atoms with van der Waals surface area (Å²) < 4.78 is 77.6. The fourth-order valence-corrected chi connectivity index (χ4v) is 1.08. The number of rotatable bonds is 2. The van der Waals surface area contributed by atoms with Crippen LogP contribution >= 0.6 is 0 Å². The SMILES string of the molecule is [2H]c1c([2H])c([2H])c(C(C#N)c2c([2H])c([2H])c([2H])c([2H])c2[2H])c([2H])c1[2H]. The lowest BCUT2D eigenvalue weighted by Crippen LogP contribution is -1.96. The Labute approximate surface area is 104 Å². The molecule has 2 aromatic rings. The summed E-state index contributed by atoms with van der Waals surface area (Å²) >= 11 is 0. The summed E-state index contributed by atoms with van der Waals surface area (Å²) in [5.41, 5.74) is -0.848. The van der Waals surface area contributed by atoms with Gasteiger partial charge in [-0.3, -0.25) is 0 Å². The molecule has 2 aromatic carbocycles. The van der Waals surface area contributed by atoms with Gasteiger partial charge in [-0.2, -0.15) is 5.26 Å². The molecule has 0 aliphatic rings. The molecule has 1 nitrogen and oxygen atoms in total. The number of benzene rings is 2. The summed E-state index contributed by atoms with van der Waals surface area (Å²) in [6, 6.07) is -4.82. The van der Waals surface area contributed by atoms with Gasteiger partial charge in [-0.15, -0.1) is 0 Å². The van der Waals surface area contributed by atoms with Gasteiger partial charge in [0.2, 0.25) is 0 Å². The third-order valence-corrected chi connectivity index (χ3v) is 1.75. The summed E-state index contributed by atoms with van der Waals surface area (Å²) in [5.74, 6) is -1.61. The first kappa shape index (κ1) is 3.21. The predicted octanol–water partition coefficient (Wildman–Crippen LogP) is 3.34. The molecule has 0 unspecified atom stereocenters. The smallest absolute Gasteiger partial charge is 0.0962 e. The van der Waals surface area contributed by atoms with Crippen molar-refractivity contribution < 1.29 is 13.7 Å². The summed E-state index contributed by atoms with van der Waals surface area (Å²) in [6.07, 6.45) is 0. The molecule has 0 saturated carbocycles. The van der Waals surface area contributed by atoms with Crippen LogP contribution in [0.2, 0.25) is 0 Å². The molecule has 0 N–H and O–H groups in total. The van der Waals surface area contributed by atoms with E-state index in [4.69, 9.17) is 13.7 Å². The van der Waals surface area contributed by atoms with E-state index in [-0.39, 0.29) is 0 Å². The van der Waals surface area contributed by atoms with Crippen molar-refractivity contribution in [3.8, 4) is 6.07 Å². The highest BCUT2D eigenvalue weighted by Crippen LogP contribution is 2.22. The van der Waals surface area contributed by atoms with Crippen molar-refractivity contribution in [1.82, 2.24) is 0 Å². The van der Waals surface area contributed by atoms with Crippen molar-refractivity contribution >= 4 is 0 Å². The molecular weight excluding hydrogens is 182 g/mol. The number of hydrogen-bond acceptors (Lipinski definition) is 1. The Kier molecular flexibility index (Phi) is 0.950. The minimum Gasteiger partial charge on any atom is -0.197 e. The van der Waals surface area contributed by atoms with Gasteiger partial charge in [0.05, 0.1) is 25.7 Å². The molecule has 0 aliphatic carbocycles. The number of nitrogens with zero attached hydrogens (tertiary/aromatic N) is 1. The van der Waals surface area contributed by atoms with Gasteiger partial charge in [-0.1, -0.05) is 60.4 Å². The maximum absolute atomic E-state index is 9.51. The van der Waals surface area contributed by atoms with Crippen LogP contribution in [0.3, 0.4) is 0 Å². The maximum atomic E-state index is 9.51. The van der Waals surface area contributed by atoms with Crippen LogP contribution in [0.25, 0.3) is 0 Å². The number of hydrogen-bond donors (Lipinski definition) is 0. The first-order valence-electron chi connectivity index (χ1n) is 9.09. The van der Waals surface area contributed by atoms with Crippen LogP contribution in [0.4, 0.5) is 0 Å². The van der Waals surface area contributed by atoms with Gasteiger partial charge in [0, 0.05) is 0 Å². The van der Waals surface area contributed by atoms with Crippen molar-refractivity contribution in [3.05, 3.63) is 71.6 Å². The van der Waals surface area contributed by atoms with Gasteiger partial charge >= 0.3 is 0 Å². The van der Waals surface area contributed by atoms with Crippen LogP contribution in [0, 0.1) is 11.3 Å². The van der Waals surface area contributed by atoms with Crippen LogP contribution in [-0.4, -0.2) is 0 Å². The molecule has 72 valence electrons. The standard InChI is InChI=1S/C14H11N/c15-11-14(12-7-3-1-4-8-12)13-9-5-2-6-10-13/h1-10,14H/i1D,2D,3D,4D,5D,6D,7D,8D,9D,10D. The molecule has 15 heavy (non-hydrogen) atoms.